The third-order valence-electron chi connectivity index (χ3n) is 6.75. The van der Waals surface area contributed by atoms with E-state index in [4.69, 9.17) is 4.74 Å². The second-order valence-electron chi connectivity index (χ2n) is 8.92. The van der Waals surface area contributed by atoms with Gasteiger partial charge in [-0.2, -0.15) is 0 Å². The van der Waals surface area contributed by atoms with Gasteiger partial charge in [-0.1, -0.05) is 0 Å². The Labute approximate surface area is 168 Å². The van der Waals surface area contributed by atoms with Gasteiger partial charge < -0.3 is 10.1 Å². The van der Waals surface area contributed by atoms with Gasteiger partial charge in [0.25, 0.3) is 5.69 Å². The fourth-order valence-corrected chi connectivity index (χ4v) is 6.02. The van der Waals surface area contributed by atoms with E-state index in [1.807, 2.05) is 0 Å². The van der Waals surface area contributed by atoms with Crippen LogP contribution in [0.3, 0.4) is 0 Å². The number of non-ortho nitro benzene ring substituents is 1. The molecule has 2 aromatic rings. The highest BCUT2D eigenvalue weighted by molar-refractivity contribution is 5.96. The Balaban J connectivity index is 1.40. The van der Waals surface area contributed by atoms with E-state index in [-0.39, 0.29) is 17.0 Å². The Morgan fingerprint density at radius 2 is 1.79 bits per heavy atom. The number of carbonyl (C=O) groups is 1. The summed E-state index contributed by atoms with van der Waals surface area (Å²) in [6.07, 6.45) is 9.76. The summed E-state index contributed by atoms with van der Waals surface area (Å²) in [5, 5.41) is 14.4. The van der Waals surface area contributed by atoms with Crippen LogP contribution in [0.4, 0.5) is 11.4 Å². The molecule has 150 valence electrons. The lowest BCUT2D eigenvalue weighted by atomic mass is 9.49. The summed E-state index contributed by atoms with van der Waals surface area (Å²) in [6, 6.07) is 7.84. The molecule has 1 aromatic heterocycles. The van der Waals surface area contributed by atoms with Gasteiger partial charge in [0, 0.05) is 18.3 Å². The van der Waals surface area contributed by atoms with Crippen LogP contribution in [-0.4, -0.2) is 15.8 Å². The molecule has 0 aliphatic heterocycles. The maximum absolute atomic E-state index is 13.3. The molecule has 0 unspecified atom stereocenters. The molecule has 4 saturated carbocycles. The topological polar surface area (TPSA) is 94.4 Å². The Hall–Kier alpha value is -2.96. The van der Waals surface area contributed by atoms with Gasteiger partial charge in [-0.05, 0) is 68.4 Å². The summed E-state index contributed by atoms with van der Waals surface area (Å²) in [5.74, 6) is 2.74. The predicted molar refractivity (Wildman–Crippen MR) is 107 cm³/mol. The number of carbonyl (C=O) groups excluding carboxylic acids is 1. The molecule has 7 nitrogen and oxygen atoms in total. The van der Waals surface area contributed by atoms with Gasteiger partial charge in [0.2, 0.25) is 5.91 Å². The molecule has 1 aromatic carbocycles. The number of nitro benzene ring substituents is 1. The summed E-state index contributed by atoms with van der Waals surface area (Å²) in [4.78, 5) is 28.2. The van der Waals surface area contributed by atoms with Crippen LogP contribution in [0.1, 0.15) is 38.5 Å². The van der Waals surface area contributed by atoms with Gasteiger partial charge in [-0.3, -0.25) is 19.9 Å². The summed E-state index contributed by atoms with van der Waals surface area (Å²) in [6.45, 7) is 0. The standard InChI is InChI=1S/C22H23N3O4/c26-21(22-10-14-4-15(11-22)6-16(5-14)12-22)24-17-7-18(25(27)28)9-20(8-17)29-19-2-1-3-23-13-19/h1-3,7-9,13-16H,4-6,10-12H2,(H,24,26). The number of benzene rings is 1. The van der Waals surface area contributed by atoms with E-state index in [0.717, 1.165) is 19.3 Å². The molecule has 6 rings (SSSR count). The predicted octanol–water partition coefficient (Wildman–Crippen LogP) is 4.94. The van der Waals surface area contributed by atoms with Gasteiger partial charge in [0.15, 0.2) is 0 Å². The van der Waals surface area contributed by atoms with Crippen molar-refractivity contribution in [3.63, 3.8) is 0 Å². The van der Waals surface area contributed by atoms with Gasteiger partial charge in [-0.25, -0.2) is 0 Å². The van der Waals surface area contributed by atoms with E-state index in [0.29, 0.717) is 34.9 Å². The second kappa shape index (κ2) is 6.83. The molecule has 1 heterocycles. The largest absolute Gasteiger partial charge is 0.455 e. The average Bonchev–Trinajstić information content (AvgIpc) is 2.67. The van der Waals surface area contributed by atoms with Gasteiger partial charge in [0.05, 0.1) is 28.3 Å². The zero-order chi connectivity index (χ0) is 20.0. The minimum Gasteiger partial charge on any atom is -0.455 e. The summed E-state index contributed by atoms with van der Waals surface area (Å²) in [7, 11) is 0. The van der Waals surface area contributed by atoms with Gasteiger partial charge in [0.1, 0.15) is 11.5 Å². The Kier molecular flexibility index (Phi) is 4.26. The molecular formula is C22H23N3O4. The number of hydrogen-bond donors (Lipinski definition) is 1. The zero-order valence-corrected chi connectivity index (χ0v) is 16.0. The first-order valence-corrected chi connectivity index (χ1v) is 10.2. The van der Waals surface area contributed by atoms with Gasteiger partial charge in [-0.15, -0.1) is 0 Å². The first-order chi connectivity index (χ1) is 14.0. The lowest BCUT2D eigenvalue weighted by molar-refractivity contribution is -0.384. The number of hydrogen-bond acceptors (Lipinski definition) is 5. The van der Waals surface area contributed by atoms with Crippen LogP contribution in [0, 0.1) is 33.3 Å². The smallest absolute Gasteiger partial charge is 0.275 e. The molecule has 4 fully saturated rings. The van der Waals surface area contributed by atoms with E-state index in [2.05, 4.69) is 10.3 Å². The normalized spacial score (nSPS) is 29.4. The van der Waals surface area contributed by atoms with Gasteiger partial charge >= 0.3 is 0 Å². The molecule has 7 heteroatoms. The zero-order valence-electron chi connectivity index (χ0n) is 16.0. The van der Waals surface area contributed by atoms with E-state index in [9.17, 15) is 14.9 Å². The molecule has 0 saturated heterocycles. The van der Waals surface area contributed by atoms with Crippen molar-refractivity contribution in [1.29, 1.82) is 0 Å². The quantitative estimate of drug-likeness (QED) is 0.574. The number of aromatic nitrogens is 1. The fraction of sp³-hybridized carbons (Fsp3) is 0.455. The third-order valence-corrected chi connectivity index (χ3v) is 6.75. The van der Waals surface area contributed by atoms with E-state index in [1.54, 1.807) is 24.4 Å². The molecule has 4 bridgehead atoms. The van der Waals surface area contributed by atoms with Crippen LogP contribution in [0.15, 0.2) is 42.7 Å². The molecule has 0 atom stereocenters. The molecule has 0 spiro atoms. The van der Waals surface area contributed by atoms with Crippen LogP contribution >= 0.6 is 0 Å². The van der Waals surface area contributed by atoms with Crippen LogP contribution in [-0.2, 0) is 4.79 Å². The molecule has 4 aliphatic rings. The minimum atomic E-state index is -0.476. The van der Waals surface area contributed by atoms with Crippen LogP contribution < -0.4 is 10.1 Å². The molecule has 1 amide bonds. The Morgan fingerprint density at radius 1 is 1.10 bits per heavy atom. The monoisotopic (exact) mass is 393 g/mol. The van der Waals surface area contributed by atoms with Crippen molar-refractivity contribution in [2.24, 2.45) is 23.2 Å². The minimum absolute atomic E-state index is 0.00410. The summed E-state index contributed by atoms with van der Waals surface area (Å²) >= 11 is 0. The van der Waals surface area contributed by atoms with Crippen LogP contribution in [0.25, 0.3) is 0 Å². The van der Waals surface area contributed by atoms with Crippen LogP contribution in [0.2, 0.25) is 0 Å². The highest BCUT2D eigenvalue weighted by atomic mass is 16.6. The number of ether oxygens (including phenoxy) is 1. The first kappa shape index (κ1) is 18.1. The van der Waals surface area contributed by atoms with Crippen molar-refractivity contribution in [3.05, 3.63) is 52.8 Å². The van der Waals surface area contributed by atoms with E-state index < -0.39 is 4.92 Å². The number of pyridine rings is 1. The molecule has 1 N–H and O–H groups in total. The number of amides is 1. The van der Waals surface area contributed by atoms with E-state index in [1.165, 1.54) is 37.6 Å². The van der Waals surface area contributed by atoms with E-state index >= 15 is 0 Å². The highest BCUT2D eigenvalue weighted by Gasteiger charge is 2.54. The first-order valence-electron chi connectivity index (χ1n) is 10.2. The number of nitrogens with zero attached hydrogens (tertiary/aromatic N) is 2. The lowest BCUT2D eigenvalue weighted by Gasteiger charge is -2.55. The highest BCUT2D eigenvalue weighted by Crippen LogP contribution is 2.60. The summed E-state index contributed by atoms with van der Waals surface area (Å²) < 4.78 is 5.72. The fourth-order valence-electron chi connectivity index (χ4n) is 6.02. The maximum atomic E-state index is 13.3. The van der Waals surface area contributed by atoms with Crippen molar-refractivity contribution in [2.45, 2.75) is 38.5 Å². The Bertz CT molecular complexity index is 925. The number of anilines is 1. The molecule has 4 aliphatic carbocycles. The number of nitrogens with one attached hydrogen (secondary N) is 1. The third kappa shape index (κ3) is 3.45. The molecule has 29 heavy (non-hydrogen) atoms. The number of nitro groups is 1. The van der Waals surface area contributed by atoms with Crippen molar-refractivity contribution >= 4 is 17.3 Å². The second-order valence-corrected chi connectivity index (χ2v) is 8.92. The Morgan fingerprint density at radius 3 is 2.38 bits per heavy atom. The molecule has 0 radical (unpaired) electrons. The summed E-state index contributed by atoms with van der Waals surface area (Å²) in [5.41, 5.74) is -0.0324. The average molecular weight is 393 g/mol. The van der Waals surface area contributed by atoms with Crippen molar-refractivity contribution in [2.75, 3.05) is 5.32 Å². The van der Waals surface area contributed by atoms with Crippen molar-refractivity contribution < 1.29 is 14.5 Å². The van der Waals surface area contributed by atoms with Crippen LogP contribution in [0.5, 0.6) is 11.5 Å². The maximum Gasteiger partial charge on any atom is 0.275 e. The SMILES string of the molecule is O=C(Nc1cc(Oc2cccnc2)cc([N+](=O)[O-])c1)C12CC3CC(CC(C3)C1)C2. The van der Waals surface area contributed by atoms with Crippen molar-refractivity contribution in [1.82, 2.24) is 4.98 Å². The number of rotatable bonds is 5. The van der Waals surface area contributed by atoms with Crippen molar-refractivity contribution in [3.8, 4) is 11.5 Å². The molecular weight excluding hydrogens is 370 g/mol. The lowest BCUT2D eigenvalue weighted by Crippen LogP contribution is -2.51.